The minimum atomic E-state index is -0.464. The first-order valence-corrected chi connectivity index (χ1v) is 5.98. The quantitative estimate of drug-likeness (QED) is 0.824. The molecule has 0 aromatic rings. The number of nitrogens with zero attached hydrogens (tertiary/aromatic N) is 1. The number of hydrogen-bond donors (Lipinski definition) is 1. The zero-order valence-corrected chi connectivity index (χ0v) is 11.2. The van der Waals surface area contributed by atoms with Gasteiger partial charge < -0.3 is 14.8 Å². The number of carbonyl (C=O) groups excluding carboxylic acids is 1. The Kier molecular flexibility index (Phi) is 4.37. The molecule has 0 spiro atoms. The smallest absolute Gasteiger partial charge is 0.407 e. The maximum atomic E-state index is 11.3. The molecule has 0 bridgehead atoms. The Morgan fingerprint density at radius 1 is 1.47 bits per heavy atom. The lowest BCUT2D eigenvalue weighted by molar-refractivity contribution is 0.0529. The lowest BCUT2D eigenvalue weighted by Crippen LogP contribution is -2.33. The van der Waals surface area contributed by atoms with Crippen LogP contribution in [0.2, 0.25) is 0 Å². The summed E-state index contributed by atoms with van der Waals surface area (Å²) in [6, 6.07) is 0.200. The van der Waals surface area contributed by atoms with Crippen molar-refractivity contribution < 1.29 is 14.3 Å². The van der Waals surface area contributed by atoms with E-state index in [2.05, 4.69) is 10.3 Å². The molecule has 0 aromatic carbocycles. The molecule has 0 aliphatic carbocycles. The van der Waals surface area contributed by atoms with Gasteiger partial charge in [-0.1, -0.05) is 0 Å². The van der Waals surface area contributed by atoms with Crippen LogP contribution in [0.3, 0.4) is 0 Å². The molecular weight excluding hydrogens is 220 g/mol. The highest BCUT2D eigenvalue weighted by Gasteiger charge is 2.22. The highest BCUT2D eigenvalue weighted by atomic mass is 16.6. The van der Waals surface area contributed by atoms with E-state index in [1.54, 1.807) is 0 Å². The molecule has 1 aliphatic heterocycles. The Bertz CT molecular complexity index is 307. The molecule has 2 atom stereocenters. The number of amides is 1. The monoisotopic (exact) mass is 242 g/mol. The van der Waals surface area contributed by atoms with Crippen LogP contribution < -0.4 is 5.32 Å². The molecule has 5 heteroatoms. The number of hydrogen-bond acceptors (Lipinski definition) is 4. The van der Waals surface area contributed by atoms with E-state index >= 15 is 0 Å². The van der Waals surface area contributed by atoms with Crippen LogP contribution in [0, 0.1) is 0 Å². The maximum Gasteiger partial charge on any atom is 0.407 e. The van der Waals surface area contributed by atoms with E-state index in [1.807, 2.05) is 34.6 Å². The lowest BCUT2D eigenvalue weighted by atomic mass is 10.2. The van der Waals surface area contributed by atoms with Crippen molar-refractivity contribution in [1.29, 1.82) is 0 Å². The summed E-state index contributed by atoms with van der Waals surface area (Å²) in [6.45, 7) is 9.98. The number of nitrogens with one attached hydrogen (secondary N) is 1. The van der Waals surface area contributed by atoms with Crippen LogP contribution in [-0.2, 0) is 9.47 Å². The van der Waals surface area contributed by atoms with Crippen molar-refractivity contribution in [2.75, 3.05) is 6.54 Å². The average molecular weight is 242 g/mol. The van der Waals surface area contributed by atoms with Gasteiger partial charge in [0.1, 0.15) is 11.7 Å². The van der Waals surface area contributed by atoms with E-state index in [0.717, 1.165) is 0 Å². The van der Waals surface area contributed by atoms with Crippen molar-refractivity contribution in [3.8, 4) is 0 Å². The molecule has 0 saturated carbocycles. The van der Waals surface area contributed by atoms with E-state index < -0.39 is 11.7 Å². The fourth-order valence-electron chi connectivity index (χ4n) is 1.38. The number of alkyl carbamates (subject to hydrolysis) is 1. The van der Waals surface area contributed by atoms with Gasteiger partial charge in [0.2, 0.25) is 0 Å². The average Bonchev–Trinajstić information content (AvgIpc) is 2.43. The van der Waals surface area contributed by atoms with Gasteiger partial charge in [0.25, 0.3) is 0 Å². The number of aliphatic imine (C=N–C) groups is 1. The van der Waals surface area contributed by atoms with E-state index in [-0.39, 0.29) is 12.1 Å². The molecule has 1 aliphatic rings. The van der Waals surface area contributed by atoms with Crippen molar-refractivity contribution in [3.63, 3.8) is 0 Å². The molecule has 98 valence electrons. The third kappa shape index (κ3) is 5.06. The van der Waals surface area contributed by atoms with Crippen LogP contribution >= 0.6 is 0 Å². The van der Waals surface area contributed by atoms with Crippen LogP contribution in [0.15, 0.2) is 4.99 Å². The van der Waals surface area contributed by atoms with Gasteiger partial charge in [-0.15, -0.1) is 0 Å². The summed E-state index contributed by atoms with van der Waals surface area (Å²) in [7, 11) is 0. The first kappa shape index (κ1) is 13.8. The molecule has 1 N–H and O–H groups in total. The van der Waals surface area contributed by atoms with Gasteiger partial charge >= 0.3 is 6.09 Å². The van der Waals surface area contributed by atoms with Gasteiger partial charge in [-0.25, -0.2) is 9.79 Å². The largest absolute Gasteiger partial charge is 0.476 e. The zero-order valence-electron chi connectivity index (χ0n) is 11.2. The van der Waals surface area contributed by atoms with Gasteiger partial charge in [-0.2, -0.15) is 0 Å². The van der Waals surface area contributed by atoms with E-state index in [1.165, 1.54) is 0 Å². The number of ether oxygens (including phenoxy) is 2. The van der Waals surface area contributed by atoms with Crippen LogP contribution in [-0.4, -0.2) is 36.3 Å². The normalized spacial score (nSPS) is 23.9. The Morgan fingerprint density at radius 2 is 2.12 bits per heavy atom. The third-order valence-corrected chi connectivity index (χ3v) is 2.36. The molecule has 1 heterocycles. The highest BCUT2D eigenvalue weighted by molar-refractivity contribution is 5.78. The second-order valence-corrected chi connectivity index (χ2v) is 5.27. The maximum absolute atomic E-state index is 11.3. The fourth-order valence-corrected chi connectivity index (χ4v) is 1.38. The number of carbonyl (C=O) groups is 1. The molecule has 0 aromatic heterocycles. The van der Waals surface area contributed by atoms with Crippen LogP contribution in [0.5, 0.6) is 0 Å². The summed E-state index contributed by atoms with van der Waals surface area (Å²) >= 11 is 0. The summed E-state index contributed by atoms with van der Waals surface area (Å²) in [5.74, 6) is 0.709. The van der Waals surface area contributed by atoms with Gasteiger partial charge in [0.05, 0.1) is 6.04 Å². The fraction of sp³-hybridized carbons (Fsp3) is 0.833. The van der Waals surface area contributed by atoms with Crippen molar-refractivity contribution in [2.45, 2.75) is 58.8 Å². The highest BCUT2D eigenvalue weighted by Crippen LogP contribution is 2.13. The minimum absolute atomic E-state index is 0.131. The second-order valence-electron chi connectivity index (χ2n) is 5.27. The first-order valence-electron chi connectivity index (χ1n) is 5.98. The van der Waals surface area contributed by atoms with Crippen LogP contribution in [0.1, 0.15) is 41.0 Å². The Labute approximate surface area is 103 Å². The SMILES string of the molecule is CC1N=C(CCNC(=O)OC(C)(C)C)OC1C. The first-order chi connectivity index (χ1) is 7.78. The minimum Gasteiger partial charge on any atom is -0.476 e. The second kappa shape index (κ2) is 5.38. The lowest BCUT2D eigenvalue weighted by Gasteiger charge is -2.19. The summed E-state index contributed by atoms with van der Waals surface area (Å²) in [5, 5.41) is 2.67. The molecule has 1 rings (SSSR count). The molecule has 0 radical (unpaired) electrons. The topological polar surface area (TPSA) is 59.9 Å². The van der Waals surface area contributed by atoms with E-state index in [9.17, 15) is 4.79 Å². The van der Waals surface area contributed by atoms with Gasteiger partial charge in [0.15, 0.2) is 5.90 Å². The van der Waals surface area contributed by atoms with E-state index in [0.29, 0.717) is 18.9 Å². The molecular formula is C12H22N2O3. The van der Waals surface area contributed by atoms with Crippen LogP contribution in [0.25, 0.3) is 0 Å². The zero-order chi connectivity index (χ0) is 13.1. The number of rotatable bonds is 3. The van der Waals surface area contributed by atoms with Crippen LogP contribution in [0.4, 0.5) is 4.79 Å². The summed E-state index contributed by atoms with van der Waals surface area (Å²) < 4.78 is 10.6. The van der Waals surface area contributed by atoms with Gasteiger partial charge in [0, 0.05) is 13.0 Å². The molecule has 1 amide bonds. The summed E-state index contributed by atoms with van der Waals surface area (Å²) in [5.41, 5.74) is -0.464. The predicted octanol–water partition coefficient (Wildman–Crippen LogP) is 2.11. The van der Waals surface area contributed by atoms with Crippen molar-refractivity contribution in [2.24, 2.45) is 4.99 Å². The summed E-state index contributed by atoms with van der Waals surface area (Å²) in [6.07, 6.45) is 0.331. The molecule has 0 saturated heterocycles. The van der Waals surface area contributed by atoms with Crippen molar-refractivity contribution >= 4 is 12.0 Å². The predicted molar refractivity (Wildman–Crippen MR) is 66.3 cm³/mol. The summed E-state index contributed by atoms with van der Waals surface area (Å²) in [4.78, 5) is 15.7. The standard InChI is InChI=1S/C12H22N2O3/c1-8-9(2)16-10(14-8)6-7-13-11(15)17-12(3,4)5/h8-9H,6-7H2,1-5H3,(H,13,15). The van der Waals surface area contributed by atoms with Crippen molar-refractivity contribution in [3.05, 3.63) is 0 Å². The Morgan fingerprint density at radius 3 is 2.59 bits per heavy atom. The van der Waals surface area contributed by atoms with E-state index in [4.69, 9.17) is 9.47 Å². The van der Waals surface area contributed by atoms with Crippen molar-refractivity contribution in [1.82, 2.24) is 5.32 Å². The third-order valence-electron chi connectivity index (χ3n) is 2.36. The Balaban J connectivity index is 2.21. The molecule has 2 unspecified atom stereocenters. The van der Waals surface area contributed by atoms with Gasteiger partial charge in [-0.3, -0.25) is 0 Å². The van der Waals surface area contributed by atoms with Gasteiger partial charge in [-0.05, 0) is 34.6 Å². The molecule has 0 fully saturated rings. The molecule has 5 nitrogen and oxygen atoms in total. The Hall–Kier alpha value is -1.26. The molecule has 17 heavy (non-hydrogen) atoms.